The second kappa shape index (κ2) is 7.22. The lowest BCUT2D eigenvalue weighted by atomic mass is 10.1. The number of nitrogens with one attached hydrogen (secondary N) is 2. The van der Waals surface area contributed by atoms with Gasteiger partial charge in [0, 0.05) is 12.6 Å². The molecule has 0 bridgehead atoms. The predicted octanol–water partition coefficient (Wildman–Crippen LogP) is 2.68. The van der Waals surface area contributed by atoms with Crippen LogP contribution in [0.3, 0.4) is 0 Å². The Labute approximate surface area is 138 Å². The average Bonchev–Trinajstić information content (AvgIpc) is 2.52. The molecule has 24 heavy (non-hydrogen) atoms. The highest BCUT2D eigenvalue weighted by atomic mass is 32.2. The number of carbonyl (C=O) groups is 1. The summed E-state index contributed by atoms with van der Waals surface area (Å²) in [5, 5.41) is 2.52. The number of carbonyl (C=O) groups excluding carboxylic acids is 1. The zero-order valence-corrected chi connectivity index (χ0v) is 13.2. The van der Waals surface area contributed by atoms with Gasteiger partial charge in [0.2, 0.25) is 0 Å². The Hall–Kier alpha value is -2.74. The summed E-state index contributed by atoms with van der Waals surface area (Å²) in [5.41, 5.74) is 0.0354. The molecule has 2 aromatic carbocycles. The third-order valence-electron chi connectivity index (χ3n) is 3.01. The Morgan fingerprint density at radius 2 is 1.88 bits per heavy atom. The van der Waals surface area contributed by atoms with Crippen LogP contribution in [0.2, 0.25) is 0 Å². The van der Waals surface area contributed by atoms with E-state index in [-0.39, 0.29) is 17.8 Å². The van der Waals surface area contributed by atoms with Gasteiger partial charge in [-0.1, -0.05) is 18.2 Å². The van der Waals surface area contributed by atoms with Crippen LogP contribution in [0.25, 0.3) is 0 Å². The van der Waals surface area contributed by atoms with Crippen molar-refractivity contribution in [2.24, 2.45) is 0 Å². The Balaban J connectivity index is 2.36. The number of hydrogen-bond acceptors (Lipinski definition) is 3. The third-order valence-corrected chi connectivity index (χ3v) is 4.41. The largest absolute Gasteiger partial charge is 0.349 e. The fourth-order valence-electron chi connectivity index (χ4n) is 1.92. The minimum atomic E-state index is -4.33. The van der Waals surface area contributed by atoms with Crippen molar-refractivity contribution in [3.05, 3.63) is 72.3 Å². The van der Waals surface area contributed by atoms with E-state index >= 15 is 0 Å². The lowest BCUT2D eigenvalue weighted by Gasteiger charge is -2.12. The van der Waals surface area contributed by atoms with Gasteiger partial charge in [0.1, 0.15) is 16.5 Å². The van der Waals surface area contributed by atoms with Crippen molar-refractivity contribution in [2.75, 3.05) is 11.3 Å². The molecule has 2 rings (SSSR count). The van der Waals surface area contributed by atoms with Crippen molar-refractivity contribution in [1.29, 1.82) is 0 Å². The zero-order valence-electron chi connectivity index (χ0n) is 12.4. The summed E-state index contributed by atoms with van der Waals surface area (Å²) in [6, 6.07) is 7.96. The van der Waals surface area contributed by atoms with Crippen LogP contribution in [0.1, 0.15) is 10.4 Å². The second-order valence-corrected chi connectivity index (χ2v) is 6.38. The molecule has 126 valence electrons. The minimum Gasteiger partial charge on any atom is -0.349 e. The van der Waals surface area contributed by atoms with Gasteiger partial charge in [0.15, 0.2) is 0 Å². The van der Waals surface area contributed by atoms with Crippen LogP contribution in [0.4, 0.5) is 14.5 Å². The second-order valence-electron chi connectivity index (χ2n) is 4.72. The highest BCUT2D eigenvalue weighted by molar-refractivity contribution is 7.92. The van der Waals surface area contributed by atoms with Crippen molar-refractivity contribution >= 4 is 21.6 Å². The predicted molar refractivity (Wildman–Crippen MR) is 86.1 cm³/mol. The first-order valence-corrected chi connectivity index (χ1v) is 8.29. The van der Waals surface area contributed by atoms with Crippen LogP contribution < -0.4 is 10.0 Å². The van der Waals surface area contributed by atoms with Gasteiger partial charge in [-0.3, -0.25) is 9.52 Å². The van der Waals surface area contributed by atoms with E-state index in [1.54, 1.807) is 6.07 Å². The molecule has 2 aromatic rings. The number of para-hydroxylation sites is 1. The lowest BCUT2D eigenvalue weighted by Crippen LogP contribution is -2.25. The standard InChI is InChI=1S/C16H14F2N2O3S/c1-2-9-19-16(21)12-5-3-4-6-14(12)20-24(22,23)15-8-7-11(17)10-13(15)18/h2-8,10,20H,1,9H2,(H,19,21). The van der Waals surface area contributed by atoms with Crippen molar-refractivity contribution in [1.82, 2.24) is 5.32 Å². The molecule has 1 amide bonds. The first-order valence-electron chi connectivity index (χ1n) is 6.81. The van der Waals surface area contributed by atoms with Crippen LogP contribution in [0, 0.1) is 11.6 Å². The number of amides is 1. The average molecular weight is 352 g/mol. The summed E-state index contributed by atoms with van der Waals surface area (Å²) in [4.78, 5) is 11.3. The topological polar surface area (TPSA) is 75.3 Å². The van der Waals surface area contributed by atoms with E-state index in [2.05, 4.69) is 16.6 Å². The Kier molecular flexibility index (Phi) is 5.30. The molecule has 5 nitrogen and oxygen atoms in total. The molecule has 0 aliphatic carbocycles. The van der Waals surface area contributed by atoms with Crippen LogP contribution in [-0.2, 0) is 10.0 Å². The van der Waals surface area contributed by atoms with Gasteiger partial charge < -0.3 is 5.32 Å². The van der Waals surface area contributed by atoms with Crippen molar-refractivity contribution in [2.45, 2.75) is 4.90 Å². The van der Waals surface area contributed by atoms with Crippen molar-refractivity contribution in [3.63, 3.8) is 0 Å². The van der Waals surface area contributed by atoms with Crippen LogP contribution in [0.15, 0.2) is 60.0 Å². The molecule has 0 spiro atoms. The van der Waals surface area contributed by atoms with E-state index in [1.807, 2.05) is 0 Å². The van der Waals surface area contributed by atoms with Gasteiger partial charge in [-0.15, -0.1) is 6.58 Å². The van der Waals surface area contributed by atoms with E-state index in [0.717, 1.165) is 12.1 Å². The Morgan fingerprint density at radius 3 is 2.54 bits per heavy atom. The van der Waals surface area contributed by atoms with E-state index < -0.39 is 32.5 Å². The molecule has 0 heterocycles. The SMILES string of the molecule is C=CCNC(=O)c1ccccc1NS(=O)(=O)c1ccc(F)cc1F. The number of sulfonamides is 1. The highest BCUT2D eigenvalue weighted by Crippen LogP contribution is 2.22. The lowest BCUT2D eigenvalue weighted by molar-refractivity contribution is 0.0959. The van der Waals surface area contributed by atoms with Gasteiger partial charge in [0.25, 0.3) is 15.9 Å². The van der Waals surface area contributed by atoms with Gasteiger partial charge in [-0.2, -0.15) is 0 Å². The fourth-order valence-corrected chi connectivity index (χ4v) is 3.06. The summed E-state index contributed by atoms with van der Waals surface area (Å²) >= 11 is 0. The number of anilines is 1. The zero-order chi connectivity index (χ0) is 17.7. The van der Waals surface area contributed by atoms with Gasteiger partial charge in [0.05, 0.1) is 11.3 Å². The summed E-state index contributed by atoms with van der Waals surface area (Å²) in [5.74, 6) is -2.64. The molecule has 0 aliphatic rings. The van der Waals surface area contributed by atoms with Crippen molar-refractivity contribution in [3.8, 4) is 0 Å². The Morgan fingerprint density at radius 1 is 1.17 bits per heavy atom. The summed E-state index contributed by atoms with van der Waals surface area (Å²) in [7, 11) is -4.33. The normalized spacial score (nSPS) is 10.9. The highest BCUT2D eigenvalue weighted by Gasteiger charge is 2.22. The molecule has 0 saturated heterocycles. The van der Waals surface area contributed by atoms with Gasteiger partial charge >= 0.3 is 0 Å². The molecule has 2 N–H and O–H groups in total. The molecule has 0 aromatic heterocycles. The maximum Gasteiger partial charge on any atom is 0.264 e. The fraction of sp³-hybridized carbons (Fsp3) is 0.0625. The number of benzene rings is 2. The smallest absolute Gasteiger partial charge is 0.264 e. The number of rotatable bonds is 6. The van der Waals surface area contributed by atoms with E-state index in [9.17, 15) is 22.0 Å². The maximum atomic E-state index is 13.7. The minimum absolute atomic E-state index is 0.0252. The third kappa shape index (κ3) is 3.96. The number of halogens is 2. The molecule has 8 heteroatoms. The van der Waals surface area contributed by atoms with Crippen LogP contribution >= 0.6 is 0 Å². The Bertz CT molecular complexity index is 883. The van der Waals surface area contributed by atoms with Gasteiger partial charge in [-0.25, -0.2) is 17.2 Å². The molecule has 0 atom stereocenters. The monoisotopic (exact) mass is 352 g/mol. The first-order chi connectivity index (χ1) is 11.3. The van der Waals surface area contributed by atoms with E-state index in [0.29, 0.717) is 6.07 Å². The van der Waals surface area contributed by atoms with E-state index in [4.69, 9.17) is 0 Å². The van der Waals surface area contributed by atoms with Crippen LogP contribution in [0.5, 0.6) is 0 Å². The van der Waals surface area contributed by atoms with Crippen LogP contribution in [-0.4, -0.2) is 20.9 Å². The maximum absolute atomic E-state index is 13.7. The number of hydrogen-bond donors (Lipinski definition) is 2. The summed E-state index contributed by atoms with van der Waals surface area (Å²) in [6.07, 6.45) is 1.47. The molecule has 0 radical (unpaired) electrons. The molecule has 0 saturated carbocycles. The summed E-state index contributed by atoms with van der Waals surface area (Å²) in [6.45, 7) is 3.67. The quantitative estimate of drug-likeness (QED) is 0.785. The molecule has 0 unspecified atom stereocenters. The van der Waals surface area contributed by atoms with Gasteiger partial charge in [-0.05, 0) is 24.3 Å². The van der Waals surface area contributed by atoms with E-state index in [1.165, 1.54) is 24.3 Å². The molecule has 0 aliphatic heterocycles. The van der Waals surface area contributed by atoms with Crippen molar-refractivity contribution < 1.29 is 22.0 Å². The molecular formula is C16H14F2N2O3S. The summed E-state index contributed by atoms with van der Waals surface area (Å²) < 4.78 is 53.4. The first kappa shape index (κ1) is 17.6. The molecular weight excluding hydrogens is 338 g/mol. The molecule has 0 fully saturated rings.